The molecule has 0 unspecified atom stereocenters. The first-order valence-corrected chi connectivity index (χ1v) is 10.8. The normalized spacial score (nSPS) is 10.7. The highest BCUT2D eigenvalue weighted by molar-refractivity contribution is 6.03. The zero-order chi connectivity index (χ0) is 22.3. The maximum absolute atomic E-state index is 12.7. The minimum atomic E-state index is -0.194. The summed E-state index contributed by atoms with van der Waals surface area (Å²) in [6.45, 7) is 5.27. The predicted molar refractivity (Wildman–Crippen MR) is 127 cm³/mol. The molecule has 0 aliphatic heterocycles. The summed E-state index contributed by atoms with van der Waals surface area (Å²) in [4.78, 5) is 12.7. The molecule has 1 aromatic heterocycles. The highest BCUT2D eigenvalue weighted by Gasteiger charge is 2.10. The van der Waals surface area contributed by atoms with Gasteiger partial charge in [-0.3, -0.25) is 9.48 Å². The van der Waals surface area contributed by atoms with E-state index in [9.17, 15) is 4.79 Å². The molecule has 4 aromatic rings. The maximum Gasteiger partial charge on any atom is 0.256 e. The van der Waals surface area contributed by atoms with Crippen molar-refractivity contribution in [2.75, 3.05) is 5.32 Å². The zero-order valence-corrected chi connectivity index (χ0v) is 18.4. The van der Waals surface area contributed by atoms with Crippen LogP contribution in [-0.4, -0.2) is 15.7 Å². The Morgan fingerprint density at radius 3 is 2.56 bits per heavy atom. The van der Waals surface area contributed by atoms with Crippen LogP contribution in [0.4, 0.5) is 5.82 Å². The van der Waals surface area contributed by atoms with E-state index in [0.29, 0.717) is 24.5 Å². The fourth-order valence-electron chi connectivity index (χ4n) is 3.46. The van der Waals surface area contributed by atoms with Gasteiger partial charge in [0.05, 0.1) is 6.54 Å². The number of aryl methyl sites for hydroxylation is 2. The minimum absolute atomic E-state index is 0.194. The molecule has 3 aromatic carbocycles. The lowest BCUT2D eigenvalue weighted by Crippen LogP contribution is -2.13. The Balaban J connectivity index is 1.36. The van der Waals surface area contributed by atoms with Crippen molar-refractivity contribution < 1.29 is 9.53 Å². The molecule has 0 bridgehead atoms. The molecule has 0 aliphatic rings. The van der Waals surface area contributed by atoms with Gasteiger partial charge in [-0.05, 0) is 59.9 Å². The molecule has 162 valence electrons. The average molecular weight is 426 g/mol. The first-order valence-electron chi connectivity index (χ1n) is 10.8. The lowest BCUT2D eigenvalue weighted by molar-refractivity contribution is 0.102. The molecule has 4 rings (SSSR count). The van der Waals surface area contributed by atoms with E-state index >= 15 is 0 Å². The van der Waals surface area contributed by atoms with Crippen molar-refractivity contribution in [3.63, 3.8) is 0 Å². The first kappa shape index (κ1) is 21.4. The molecule has 1 N–H and O–H groups in total. The quantitative estimate of drug-likeness (QED) is 0.398. The molecule has 0 fully saturated rings. The fourth-order valence-corrected chi connectivity index (χ4v) is 3.46. The van der Waals surface area contributed by atoms with Crippen molar-refractivity contribution in [2.45, 2.75) is 33.4 Å². The second-order valence-corrected chi connectivity index (χ2v) is 7.77. The van der Waals surface area contributed by atoms with E-state index in [0.717, 1.165) is 17.7 Å². The van der Waals surface area contributed by atoms with Gasteiger partial charge in [-0.1, -0.05) is 55.5 Å². The van der Waals surface area contributed by atoms with Crippen LogP contribution in [0.15, 0.2) is 85.1 Å². The fraction of sp³-hybridized carbons (Fsp3) is 0.185. The number of carbonyl (C=O) groups excluding carboxylic acids is 1. The number of nitrogens with one attached hydrogen (secondary N) is 1. The molecule has 0 aliphatic carbocycles. The molecular formula is C27H27N3O2. The molecule has 0 spiro atoms. The summed E-state index contributed by atoms with van der Waals surface area (Å²) in [5, 5.41) is 7.37. The van der Waals surface area contributed by atoms with Crippen molar-refractivity contribution in [2.24, 2.45) is 0 Å². The molecule has 1 amide bonds. The van der Waals surface area contributed by atoms with Gasteiger partial charge in [0.15, 0.2) is 5.82 Å². The number of carbonyl (C=O) groups is 1. The van der Waals surface area contributed by atoms with Crippen LogP contribution in [-0.2, 0) is 19.6 Å². The highest BCUT2D eigenvalue weighted by Crippen LogP contribution is 2.16. The summed E-state index contributed by atoms with van der Waals surface area (Å²) in [6.07, 6.45) is 2.87. The van der Waals surface area contributed by atoms with Crippen molar-refractivity contribution in [3.05, 3.63) is 113 Å². The topological polar surface area (TPSA) is 56.1 Å². The van der Waals surface area contributed by atoms with Crippen LogP contribution in [0, 0.1) is 6.92 Å². The molecule has 0 saturated carbocycles. The Morgan fingerprint density at radius 2 is 1.78 bits per heavy atom. The Morgan fingerprint density at radius 1 is 0.969 bits per heavy atom. The van der Waals surface area contributed by atoms with Crippen molar-refractivity contribution >= 4 is 11.7 Å². The molecule has 0 radical (unpaired) electrons. The van der Waals surface area contributed by atoms with E-state index in [2.05, 4.69) is 48.5 Å². The van der Waals surface area contributed by atoms with Crippen LogP contribution in [0.25, 0.3) is 0 Å². The summed E-state index contributed by atoms with van der Waals surface area (Å²) in [5.41, 5.74) is 5.19. The number of nitrogens with zero attached hydrogens (tertiary/aromatic N) is 2. The van der Waals surface area contributed by atoms with Gasteiger partial charge in [-0.2, -0.15) is 5.10 Å². The van der Waals surface area contributed by atoms with Crippen molar-refractivity contribution in [3.8, 4) is 5.75 Å². The van der Waals surface area contributed by atoms with Crippen LogP contribution in [0.1, 0.15) is 39.5 Å². The molecule has 5 nitrogen and oxygen atoms in total. The standard InChI is InChI=1S/C27H27N3O2/c1-3-21-11-13-25(14-12-21)32-19-22-8-6-10-23(17-22)27(31)28-26-15-16-30(29-26)18-24-9-5-4-7-20(24)2/h4-17H,3,18-19H2,1-2H3,(H,28,29,31). The van der Waals surface area contributed by atoms with Gasteiger partial charge in [0.2, 0.25) is 0 Å². The summed E-state index contributed by atoms with van der Waals surface area (Å²) >= 11 is 0. The van der Waals surface area contributed by atoms with E-state index in [-0.39, 0.29) is 5.91 Å². The zero-order valence-electron chi connectivity index (χ0n) is 18.4. The van der Waals surface area contributed by atoms with Gasteiger partial charge in [-0.15, -0.1) is 0 Å². The number of rotatable bonds is 8. The second kappa shape index (κ2) is 9.96. The van der Waals surface area contributed by atoms with Gasteiger partial charge in [0.1, 0.15) is 12.4 Å². The first-order chi connectivity index (χ1) is 15.6. The largest absolute Gasteiger partial charge is 0.489 e. The number of anilines is 1. The number of aromatic nitrogens is 2. The number of amides is 1. The maximum atomic E-state index is 12.7. The van der Waals surface area contributed by atoms with Gasteiger partial charge in [0, 0.05) is 17.8 Å². The lowest BCUT2D eigenvalue weighted by Gasteiger charge is -2.09. The summed E-state index contributed by atoms with van der Waals surface area (Å²) < 4.78 is 7.69. The molecular weight excluding hydrogens is 398 g/mol. The average Bonchev–Trinajstić information content (AvgIpc) is 3.26. The number of hydrogen-bond acceptors (Lipinski definition) is 3. The van der Waals surface area contributed by atoms with Crippen molar-refractivity contribution in [1.82, 2.24) is 9.78 Å². The summed E-state index contributed by atoms with van der Waals surface area (Å²) in [7, 11) is 0. The van der Waals surface area contributed by atoms with Gasteiger partial charge >= 0.3 is 0 Å². The monoisotopic (exact) mass is 425 g/mol. The van der Waals surface area contributed by atoms with Crippen molar-refractivity contribution in [1.29, 1.82) is 0 Å². The third-order valence-electron chi connectivity index (χ3n) is 5.40. The summed E-state index contributed by atoms with van der Waals surface area (Å²) in [6, 6.07) is 25.6. The van der Waals surface area contributed by atoms with Crippen LogP contribution in [0.3, 0.4) is 0 Å². The van der Waals surface area contributed by atoms with E-state index in [1.165, 1.54) is 16.7 Å². The molecule has 0 saturated heterocycles. The Labute approximate surface area is 188 Å². The molecule has 0 atom stereocenters. The number of hydrogen-bond donors (Lipinski definition) is 1. The van der Waals surface area contributed by atoms with Gasteiger partial charge in [0.25, 0.3) is 5.91 Å². The SMILES string of the molecule is CCc1ccc(OCc2cccc(C(=O)Nc3ccn(Cc4ccccc4C)n3)c2)cc1. The Kier molecular flexibility index (Phi) is 6.66. The molecule has 1 heterocycles. The number of ether oxygens (including phenoxy) is 1. The smallest absolute Gasteiger partial charge is 0.256 e. The minimum Gasteiger partial charge on any atom is -0.489 e. The third-order valence-corrected chi connectivity index (χ3v) is 5.40. The predicted octanol–water partition coefficient (Wildman–Crippen LogP) is 5.63. The molecule has 32 heavy (non-hydrogen) atoms. The Hall–Kier alpha value is -3.86. The van der Waals surface area contributed by atoms with E-state index < -0.39 is 0 Å². The van der Waals surface area contributed by atoms with E-state index in [1.807, 2.05) is 59.4 Å². The van der Waals surface area contributed by atoms with Crippen LogP contribution < -0.4 is 10.1 Å². The van der Waals surface area contributed by atoms with Gasteiger partial charge < -0.3 is 10.1 Å². The highest BCUT2D eigenvalue weighted by atomic mass is 16.5. The molecule has 5 heteroatoms. The van der Waals surface area contributed by atoms with Gasteiger partial charge in [-0.25, -0.2) is 0 Å². The summed E-state index contributed by atoms with van der Waals surface area (Å²) in [5.74, 6) is 1.15. The number of benzene rings is 3. The van der Waals surface area contributed by atoms with E-state index in [4.69, 9.17) is 4.74 Å². The second-order valence-electron chi connectivity index (χ2n) is 7.77. The van der Waals surface area contributed by atoms with E-state index in [1.54, 1.807) is 6.07 Å². The van der Waals surface area contributed by atoms with Crippen LogP contribution >= 0.6 is 0 Å². The van der Waals surface area contributed by atoms with Crippen LogP contribution in [0.5, 0.6) is 5.75 Å². The third kappa shape index (κ3) is 5.43. The lowest BCUT2D eigenvalue weighted by atomic mass is 10.1. The Bertz CT molecular complexity index is 1200. The van der Waals surface area contributed by atoms with Crippen LogP contribution in [0.2, 0.25) is 0 Å².